The van der Waals surface area contributed by atoms with Crippen LogP contribution in [0.25, 0.3) is 27.7 Å². The van der Waals surface area contributed by atoms with Crippen molar-refractivity contribution in [3.05, 3.63) is 59.7 Å². The Labute approximate surface area is 156 Å². The van der Waals surface area contributed by atoms with Crippen molar-refractivity contribution >= 4 is 10.8 Å². The van der Waals surface area contributed by atoms with Gasteiger partial charge in [0.25, 0.3) is 0 Å². The second-order valence-corrected chi connectivity index (χ2v) is 7.15. The van der Waals surface area contributed by atoms with Gasteiger partial charge < -0.3 is 9.67 Å². The zero-order valence-electron chi connectivity index (χ0n) is 15.7. The Bertz CT molecular complexity index is 1160. The zero-order valence-corrected chi connectivity index (χ0v) is 15.7. The standard InChI is InChI=1S/C21H21FN4O/c1-12(2)25-11-16-10-15(6-7-17(16)21(25)27)20-14(4)26(24-23-20)19-8-5-13(3)9-18(19)22/h5-12,27H,1-4H3. The summed E-state index contributed by atoms with van der Waals surface area (Å²) in [6, 6.07) is 11.0. The second-order valence-electron chi connectivity index (χ2n) is 7.15. The highest BCUT2D eigenvalue weighted by atomic mass is 19.1. The van der Waals surface area contributed by atoms with Gasteiger partial charge in [0, 0.05) is 28.6 Å². The molecule has 0 saturated heterocycles. The van der Waals surface area contributed by atoms with E-state index in [1.54, 1.807) is 6.07 Å². The maximum atomic E-state index is 14.3. The molecule has 0 radical (unpaired) electrons. The molecule has 2 aromatic heterocycles. The fraction of sp³-hybridized carbons (Fsp3) is 0.238. The molecule has 0 aliphatic rings. The van der Waals surface area contributed by atoms with Gasteiger partial charge in [-0.05, 0) is 57.5 Å². The Morgan fingerprint density at radius 3 is 2.56 bits per heavy atom. The monoisotopic (exact) mass is 364 g/mol. The SMILES string of the molecule is Cc1ccc(-n2nnc(-c3ccc4c(O)n(C(C)C)cc4c3)c2C)c(F)c1. The second kappa shape index (κ2) is 6.23. The Balaban J connectivity index is 1.81. The fourth-order valence-electron chi connectivity index (χ4n) is 3.37. The molecule has 5 nitrogen and oxygen atoms in total. The van der Waals surface area contributed by atoms with Crippen molar-refractivity contribution in [3.63, 3.8) is 0 Å². The van der Waals surface area contributed by atoms with Gasteiger partial charge >= 0.3 is 0 Å². The lowest BCUT2D eigenvalue weighted by atomic mass is 10.1. The molecular weight excluding hydrogens is 343 g/mol. The van der Waals surface area contributed by atoms with Crippen LogP contribution in [0.5, 0.6) is 5.88 Å². The van der Waals surface area contributed by atoms with E-state index in [0.717, 1.165) is 27.6 Å². The van der Waals surface area contributed by atoms with E-state index >= 15 is 0 Å². The maximum Gasteiger partial charge on any atom is 0.199 e. The topological polar surface area (TPSA) is 55.9 Å². The number of nitrogens with zero attached hydrogens (tertiary/aromatic N) is 4. The van der Waals surface area contributed by atoms with Crippen LogP contribution < -0.4 is 0 Å². The molecule has 2 heterocycles. The van der Waals surface area contributed by atoms with Crippen LogP contribution >= 0.6 is 0 Å². The molecule has 0 fully saturated rings. The lowest BCUT2D eigenvalue weighted by molar-refractivity contribution is 0.405. The molecule has 4 aromatic rings. The van der Waals surface area contributed by atoms with Crippen LogP contribution in [0.4, 0.5) is 4.39 Å². The number of aromatic nitrogens is 4. The predicted octanol–water partition coefficient (Wildman–Crippen LogP) is 4.93. The molecule has 4 rings (SSSR count). The minimum absolute atomic E-state index is 0.160. The number of hydrogen-bond donors (Lipinski definition) is 1. The third kappa shape index (κ3) is 2.77. The first-order valence-corrected chi connectivity index (χ1v) is 8.89. The molecule has 6 heteroatoms. The van der Waals surface area contributed by atoms with Crippen molar-refractivity contribution in [3.8, 4) is 22.8 Å². The van der Waals surface area contributed by atoms with Gasteiger partial charge in [-0.15, -0.1) is 5.10 Å². The van der Waals surface area contributed by atoms with Gasteiger partial charge in [-0.2, -0.15) is 0 Å². The van der Waals surface area contributed by atoms with E-state index < -0.39 is 0 Å². The van der Waals surface area contributed by atoms with Crippen LogP contribution in [-0.4, -0.2) is 24.7 Å². The number of aromatic hydroxyl groups is 1. The Morgan fingerprint density at radius 2 is 1.85 bits per heavy atom. The Hall–Kier alpha value is -3.15. The van der Waals surface area contributed by atoms with Gasteiger partial charge in [0.2, 0.25) is 0 Å². The Morgan fingerprint density at radius 1 is 1.07 bits per heavy atom. The van der Waals surface area contributed by atoms with Crippen molar-refractivity contribution in [2.45, 2.75) is 33.7 Å². The predicted molar refractivity (Wildman–Crippen MR) is 104 cm³/mol. The summed E-state index contributed by atoms with van der Waals surface area (Å²) in [6.07, 6.45) is 1.93. The van der Waals surface area contributed by atoms with Gasteiger partial charge in [-0.3, -0.25) is 0 Å². The van der Waals surface area contributed by atoms with E-state index in [-0.39, 0.29) is 17.7 Å². The number of rotatable bonds is 3. The number of halogens is 1. The number of hydrogen-bond acceptors (Lipinski definition) is 3. The summed E-state index contributed by atoms with van der Waals surface area (Å²) in [5.74, 6) is -0.0717. The first-order valence-electron chi connectivity index (χ1n) is 8.89. The first kappa shape index (κ1) is 17.3. The Kier molecular flexibility index (Phi) is 3.98. The smallest absolute Gasteiger partial charge is 0.199 e. The van der Waals surface area contributed by atoms with Crippen molar-refractivity contribution in [1.82, 2.24) is 19.6 Å². The van der Waals surface area contributed by atoms with Crippen LogP contribution in [0, 0.1) is 19.7 Å². The number of aryl methyl sites for hydroxylation is 1. The van der Waals surface area contributed by atoms with Crippen LogP contribution in [0.3, 0.4) is 0 Å². The van der Waals surface area contributed by atoms with Crippen molar-refractivity contribution in [2.75, 3.05) is 0 Å². The van der Waals surface area contributed by atoms with Crippen LogP contribution in [0.1, 0.15) is 31.1 Å². The van der Waals surface area contributed by atoms with Gasteiger partial charge in [0.1, 0.15) is 17.2 Å². The molecule has 0 aliphatic carbocycles. The summed E-state index contributed by atoms with van der Waals surface area (Å²) < 4.78 is 17.7. The molecule has 0 bridgehead atoms. The summed E-state index contributed by atoms with van der Waals surface area (Å²) in [4.78, 5) is 0. The quantitative estimate of drug-likeness (QED) is 0.561. The largest absolute Gasteiger partial charge is 0.494 e. The van der Waals surface area contributed by atoms with Gasteiger partial charge in [0.15, 0.2) is 5.88 Å². The highest BCUT2D eigenvalue weighted by molar-refractivity contribution is 5.91. The molecule has 0 aliphatic heterocycles. The molecule has 0 atom stereocenters. The lowest BCUT2D eigenvalue weighted by Crippen LogP contribution is -2.02. The van der Waals surface area contributed by atoms with Crippen molar-refractivity contribution in [1.29, 1.82) is 0 Å². The highest BCUT2D eigenvalue weighted by Crippen LogP contribution is 2.33. The molecule has 0 unspecified atom stereocenters. The van der Waals surface area contributed by atoms with E-state index in [1.165, 1.54) is 10.7 Å². The molecule has 0 amide bonds. The summed E-state index contributed by atoms with van der Waals surface area (Å²) >= 11 is 0. The maximum absolute atomic E-state index is 14.3. The number of benzene rings is 2. The zero-order chi connectivity index (χ0) is 19.3. The fourth-order valence-corrected chi connectivity index (χ4v) is 3.37. The third-order valence-electron chi connectivity index (χ3n) is 4.87. The summed E-state index contributed by atoms with van der Waals surface area (Å²) in [5, 5.41) is 20.5. The summed E-state index contributed by atoms with van der Waals surface area (Å²) in [6.45, 7) is 7.76. The molecule has 0 saturated carbocycles. The van der Waals surface area contributed by atoms with Gasteiger partial charge in [-0.1, -0.05) is 17.3 Å². The molecule has 1 N–H and O–H groups in total. The van der Waals surface area contributed by atoms with E-state index in [4.69, 9.17) is 0 Å². The molecule has 27 heavy (non-hydrogen) atoms. The van der Waals surface area contributed by atoms with E-state index in [2.05, 4.69) is 10.3 Å². The average Bonchev–Trinajstić information content (AvgIpc) is 3.15. The summed E-state index contributed by atoms with van der Waals surface area (Å²) in [7, 11) is 0. The third-order valence-corrected chi connectivity index (χ3v) is 4.87. The first-order chi connectivity index (χ1) is 12.9. The average molecular weight is 364 g/mol. The molecular formula is C21H21FN4O. The van der Waals surface area contributed by atoms with Crippen molar-refractivity contribution in [2.24, 2.45) is 0 Å². The van der Waals surface area contributed by atoms with Crippen molar-refractivity contribution < 1.29 is 9.50 Å². The number of fused-ring (bicyclic) bond motifs is 1. The van der Waals surface area contributed by atoms with E-state index in [1.807, 2.05) is 62.7 Å². The minimum atomic E-state index is -0.330. The van der Waals surface area contributed by atoms with Crippen LogP contribution in [0.15, 0.2) is 42.6 Å². The van der Waals surface area contributed by atoms with Gasteiger partial charge in [-0.25, -0.2) is 9.07 Å². The summed E-state index contributed by atoms with van der Waals surface area (Å²) in [5.41, 5.74) is 3.55. The lowest BCUT2D eigenvalue weighted by Gasteiger charge is -2.07. The highest BCUT2D eigenvalue weighted by Gasteiger charge is 2.17. The normalized spacial score (nSPS) is 11.6. The minimum Gasteiger partial charge on any atom is -0.494 e. The van der Waals surface area contributed by atoms with E-state index in [9.17, 15) is 9.50 Å². The molecule has 138 valence electrons. The molecule has 2 aromatic carbocycles. The van der Waals surface area contributed by atoms with Gasteiger partial charge in [0.05, 0.1) is 5.69 Å². The van der Waals surface area contributed by atoms with E-state index in [0.29, 0.717) is 11.4 Å². The molecule has 0 spiro atoms. The van der Waals surface area contributed by atoms with Crippen LogP contribution in [-0.2, 0) is 0 Å². The van der Waals surface area contributed by atoms with Crippen LogP contribution in [0.2, 0.25) is 0 Å².